The molecule has 0 radical (unpaired) electrons. The van der Waals surface area contributed by atoms with E-state index in [0.29, 0.717) is 0 Å². The molecule has 1 rings (SSSR count). The van der Waals surface area contributed by atoms with Crippen molar-refractivity contribution in [3.8, 4) is 0 Å². The zero-order valence-electron chi connectivity index (χ0n) is 10.6. The zero-order chi connectivity index (χ0) is 15.3. The number of hydrogen-bond acceptors (Lipinski definition) is 3. The first-order chi connectivity index (χ1) is 9.29. The van der Waals surface area contributed by atoms with E-state index in [1.807, 2.05) is 0 Å². The highest BCUT2D eigenvalue weighted by molar-refractivity contribution is 6.27. The Morgan fingerprint density at radius 2 is 1.95 bits per heavy atom. The molecule has 0 spiro atoms. The Balaban J connectivity index is 3.23. The molecule has 0 saturated carbocycles. The molecule has 0 heterocycles. The number of hydrogen-bond donors (Lipinski definition) is 0. The summed E-state index contributed by atoms with van der Waals surface area (Å²) < 4.78 is 42.7. The number of Topliss-reactive ketones (excluding diaryl/α,β-unsaturated/α-hetero) is 1. The Morgan fingerprint density at radius 3 is 2.45 bits per heavy atom. The molecule has 0 aliphatic rings. The van der Waals surface area contributed by atoms with E-state index in [1.54, 1.807) is 6.92 Å². The van der Waals surface area contributed by atoms with Crippen LogP contribution in [0.1, 0.15) is 28.4 Å². The second kappa shape index (κ2) is 6.74. The minimum Gasteiger partial charge on any atom is -0.462 e. The lowest BCUT2D eigenvalue weighted by molar-refractivity contribution is -0.137. The van der Waals surface area contributed by atoms with Gasteiger partial charge in [0.25, 0.3) is 0 Å². The highest BCUT2D eigenvalue weighted by Crippen LogP contribution is 2.31. The van der Waals surface area contributed by atoms with Crippen molar-refractivity contribution < 1.29 is 27.5 Å². The third-order valence-corrected chi connectivity index (χ3v) is 2.76. The summed E-state index contributed by atoms with van der Waals surface area (Å²) in [6.45, 7) is 1.66. The van der Waals surface area contributed by atoms with E-state index in [-0.39, 0.29) is 30.0 Å². The number of halogens is 4. The van der Waals surface area contributed by atoms with Gasteiger partial charge in [-0.05, 0) is 30.7 Å². The second-order valence-electron chi connectivity index (χ2n) is 3.94. The van der Waals surface area contributed by atoms with Crippen molar-refractivity contribution in [2.24, 2.45) is 0 Å². The number of alkyl halides is 4. The summed E-state index contributed by atoms with van der Waals surface area (Å²) in [7, 11) is 0. The van der Waals surface area contributed by atoms with Crippen LogP contribution in [0.25, 0.3) is 0 Å². The molecule has 3 nitrogen and oxygen atoms in total. The van der Waals surface area contributed by atoms with Gasteiger partial charge in [0.15, 0.2) is 5.78 Å². The number of esters is 1. The minimum absolute atomic E-state index is 0.0380. The summed E-state index contributed by atoms with van der Waals surface area (Å²) in [5, 5.41) is 0. The molecule has 0 atom stereocenters. The summed E-state index contributed by atoms with van der Waals surface area (Å²) in [6.07, 6.45) is -4.90. The van der Waals surface area contributed by atoms with E-state index in [4.69, 9.17) is 16.3 Å². The monoisotopic (exact) mass is 308 g/mol. The van der Waals surface area contributed by atoms with Crippen molar-refractivity contribution in [1.82, 2.24) is 0 Å². The third kappa shape index (κ3) is 4.23. The van der Waals surface area contributed by atoms with E-state index < -0.39 is 23.5 Å². The van der Waals surface area contributed by atoms with Gasteiger partial charge in [0.1, 0.15) is 0 Å². The fraction of sp³-hybridized carbons (Fsp3) is 0.385. The van der Waals surface area contributed by atoms with Gasteiger partial charge in [-0.25, -0.2) is 4.79 Å². The molecule has 0 N–H and O–H groups in total. The summed E-state index contributed by atoms with van der Waals surface area (Å²) >= 11 is 5.34. The van der Waals surface area contributed by atoms with E-state index in [1.165, 1.54) is 0 Å². The third-order valence-electron chi connectivity index (χ3n) is 2.46. The summed E-state index contributed by atoms with van der Waals surface area (Å²) in [6, 6.07) is 2.56. The zero-order valence-corrected chi connectivity index (χ0v) is 11.3. The van der Waals surface area contributed by atoms with Crippen molar-refractivity contribution in [3.63, 3.8) is 0 Å². The lowest BCUT2D eigenvalue weighted by Crippen LogP contribution is -2.14. The molecule has 1 aromatic rings. The Hall–Kier alpha value is -1.56. The van der Waals surface area contributed by atoms with Gasteiger partial charge >= 0.3 is 12.1 Å². The van der Waals surface area contributed by atoms with E-state index >= 15 is 0 Å². The largest absolute Gasteiger partial charge is 0.462 e. The molecule has 1 aromatic carbocycles. The molecule has 0 amide bonds. The highest BCUT2D eigenvalue weighted by atomic mass is 35.5. The van der Waals surface area contributed by atoms with Crippen molar-refractivity contribution in [2.75, 3.05) is 12.5 Å². The first-order valence-electron chi connectivity index (χ1n) is 5.74. The van der Waals surface area contributed by atoms with Gasteiger partial charge in [0.2, 0.25) is 0 Å². The Bertz CT molecular complexity index is 512. The van der Waals surface area contributed by atoms with Crippen LogP contribution in [0.5, 0.6) is 0 Å². The molecular formula is C13H12ClF3O3. The van der Waals surface area contributed by atoms with Crippen molar-refractivity contribution in [1.29, 1.82) is 0 Å². The molecule has 0 saturated heterocycles. The fourth-order valence-electron chi connectivity index (χ4n) is 1.58. The quantitative estimate of drug-likeness (QED) is 0.619. The van der Waals surface area contributed by atoms with Crippen LogP contribution in [0.4, 0.5) is 13.2 Å². The molecule has 110 valence electrons. The van der Waals surface area contributed by atoms with Crippen LogP contribution in [0, 0.1) is 0 Å². The van der Waals surface area contributed by atoms with Crippen LogP contribution in [-0.2, 0) is 22.1 Å². The normalized spacial score (nSPS) is 11.2. The smallest absolute Gasteiger partial charge is 0.416 e. The Labute approximate surface area is 118 Å². The van der Waals surface area contributed by atoms with Gasteiger partial charge in [-0.15, -0.1) is 11.6 Å². The van der Waals surface area contributed by atoms with Crippen LogP contribution in [0.15, 0.2) is 18.2 Å². The molecule has 20 heavy (non-hydrogen) atoms. The van der Waals surface area contributed by atoms with E-state index in [2.05, 4.69) is 0 Å². The Morgan fingerprint density at radius 1 is 1.30 bits per heavy atom. The van der Waals surface area contributed by atoms with Gasteiger partial charge in [-0.2, -0.15) is 13.2 Å². The van der Waals surface area contributed by atoms with Crippen molar-refractivity contribution in [2.45, 2.75) is 19.5 Å². The lowest BCUT2D eigenvalue weighted by atomic mass is 9.99. The lowest BCUT2D eigenvalue weighted by Gasteiger charge is -2.12. The van der Waals surface area contributed by atoms with Gasteiger partial charge in [0.05, 0.1) is 23.6 Å². The van der Waals surface area contributed by atoms with Crippen LogP contribution in [-0.4, -0.2) is 24.2 Å². The maximum atomic E-state index is 12.6. The molecule has 0 unspecified atom stereocenters. The van der Waals surface area contributed by atoms with Gasteiger partial charge in [0, 0.05) is 6.42 Å². The van der Waals surface area contributed by atoms with Gasteiger partial charge in [-0.1, -0.05) is 0 Å². The first-order valence-corrected chi connectivity index (χ1v) is 6.28. The van der Waals surface area contributed by atoms with Gasteiger partial charge in [-0.3, -0.25) is 4.79 Å². The average Bonchev–Trinajstić information content (AvgIpc) is 2.37. The SMILES string of the molecule is CCOC(=O)c1ccc(C(F)(F)F)cc1CC(=O)CCl. The molecule has 7 heteroatoms. The minimum atomic E-state index is -4.55. The fourth-order valence-corrected chi connectivity index (χ4v) is 1.68. The average molecular weight is 309 g/mol. The van der Waals surface area contributed by atoms with Crippen LogP contribution >= 0.6 is 11.6 Å². The number of ketones is 1. The predicted octanol–water partition coefficient (Wildman–Crippen LogP) is 3.23. The van der Waals surface area contributed by atoms with Crippen LogP contribution < -0.4 is 0 Å². The second-order valence-corrected chi connectivity index (χ2v) is 4.21. The van der Waals surface area contributed by atoms with Crippen molar-refractivity contribution >= 4 is 23.4 Å². The number of benzene rings is 1. The number of rotatable bonds is 5. The summed E-state index contributed by atoms with van der Waals surface area (Å²) in [5.41, 5.74) is -1.02. The molecule has 0 bridgehead atoms. The summed E-state index contributed by atoms with van der Waals surface area (Å²) in [5.74, 6) is -1.58. The molecular weight excluding hydrogens is 297 g/mol. The molecule has 0 aliphatic heterocycles. The van der Waals surface area contributed by atoms with Crippen LogP contribution in [0.2, 0.25) is 0 Å². The topological polar surface area (TPSA) is 43.4 Å². The molecule has 0 fully saturated rings. The van der Waals surface area contributed by atoms with Crippen molar-refractivity contribution in [3.05, 3.63) is 34.9 Å². The highest BCUT2D eigenvalue weighted by Gasteiger charge is 2.31. The first kappa shape index (κ1) is 16.5. The predicted molar refractivity (Wildman–Crippen MR) is 66.8 cm³/mol. The number of ether oxygens (including phenoxy) is 1. The Kier molecular flexibility index (Phi) is 5.56. The molecule has 0 aliphatic carbocycles. The number of carbonyl (C=O) groups is 2. The standard InChI is InChI=1S/C13H12ClF3O3/c1-2-20-12(19)11-4-3-9(13(15,16)17)5-8(11)6-10(18)7-14/h3-5H,2,6-7H2,1H3. The maximum absolute atomic E-state index is 12.6. The van der Waals surface area contributed by atoms with E-state index in [9.17, 15) is 22.8 Å². The maximum Gasteiger partial charge on any atom is 0.416 e. The molecule has 0 aromatic heterocycles. The summed E-state index contributed by atoms with van der Waals surface area (Å²) in [4.78, 5) is 23.0. The number of carbonyl (C=O) groups excluding carboxylic acids is 2. The van der Waals surface area contributed by atoms with Gasteiger partial charge < -0.3 is 4.74 Å². The van der Waals surface area contributed by atoms with Crippen LogP contribution in [0.3, 0.4) is 0 Å². The van der Waals surface area contributed by atoms with E-state index in [0.717, 1.165) is 18.2 Å².